The first-order valence-electron chi connectivity index (χ1n) is 8.37. The van der Waals surface area contributed by atoms with Gasteiger partial charge in [0.05, 0.1) is 12.8 Å². The van der Waals surface area contributed by atoms with E-state index in [1.165, 1.54) is 12.5 Å². The Hall–Kier alpha value is -1.99. The summed E-state index contributed by atoms with van der Waals surface area (Å²) >= 11 is 0. The second kappa shape index (κ2) is 7.49. The molecule has 3 rings (SSSR count). The van der Waals surface area contributed by atoms with Crippen LogP contribution in [0.4, 0.5) is 0 Å². The molecule has 0 amide bonds. The van der Waals surface area contributed by atoms with Gasteiger partial charge in [-0.05, 0) is 37.1 Å². The monoisotopic (exact) mass is 361 g/mol. The van der Waals surface area contributed by atoms with Gasteiger partial charge in [0.2, 0.25) is 0 Å². The molecule has 1 aromatic heterocycles. The van der Waals surface area contributed by atoms with E-state index in [2.05, 4.69) is 15.3 Å². The zero-order valence-electron chi connectivity index (χ0n) is 14.5. The smallest absolute Gasteiger partial charge is 0.178 e. The molecular formula is C18H23N3O3S. The lowest BCUT2D eigenvalue weighted by Gasteiger charge is -2.24. The third kappa shape index (κ3) is 4.35. The van der Waals surface area contributed by atoms with Crippen LogP contribution in [0.5, 0.6) is 5.75 Å². The van der Waals surface area contributed by atoms with Crippen LogP contribution in [0.2, 0.25) is 0 Å². The first-order chi connectivity index (χ1) is 12.0. The van der Waals surface area contributed by atoms with Crippen molar-refractivity contribution in [3.63, 3.8) is 0 Å². The van der Waals surface area contributed by atoms with Crippen molar-refractivity contribution in [1.29, 1.82) is 0 Å². The summed E-state index contributed by atoms with van der Waals surface area (Å²) in [5.74, 6) is 1.54. The maximum absolute atomic E-state index is 12.1. The highest BCUT2D eigenvalue weighted by Gasteiger charge is 2.25. The van der Waals surface area contributed by atoms with E-state index in [4.69, 9.17) is 4.74 Å². The van der Waals surface area contributed by atoms with Crippen molar-refractivity contribution in [2.24, 2.45) is 0 Å². The molecule has 1 atom stereocenters. The highest BCUT2D eigenvalue weighted by molar-refractivity contribution is 7.90. The van der Waals surface area contributed by atoms with E-state index in [0.717, 1.165) is 37.2 Å². The Labute approximate surface area is 148 Å². The van der Waals surface area contributed by atoms with Crippen molar-refractivity contribution in [2.75, 3.05) is 26.5 Å². The van der Waals surface area contributed by atoms with Crippen molar-refractivity contribution in [2.45, 2.75) is 30.1 Å². The molecule has 0 aliphatic carbocycles. The number of methoxy groups -OCH3 is 1. The molecule has 6 nitrogen and oxygen atoms in total. The molecular weight excluding hydrogens is 338 g/mol. The van der Waals surface area contributed by atoms with Gasteiger partial charge in [0.15, 0.2) is 9.84 Å². The van der Waals surface area contributed by atoms with Crippen LogP contribution >= 0.6 is 0 Å². The number of nitrogens with zero attached hydrogens (tertiary/aromatic N) is 2. The summed E-state index contributed by atoms with van der Waals surface area (Å²) in [5.41, 5.74) is 1.70. The Balaban J connectivity index is 1.92. The standard InChI is InChI=1S/C18H23N3O3S/c1-24-15-7-5-13(6-8-15)10-17-20-12-16(25(2,22)23)18(21-17)14-4-3-9-19-11-14/h5-8,12,14,19H,3-4,9-11H2,1-2H3. The normalized spacial score (nSPS) is 18.1. The number of sulfone groups is 1. The summed E-state index contributed by atoms with van der Waals surface area (Å²) < 4.78 is 29.4. The molecule has 25 heavy (non-hydrogen) atoms. The minimum Gasteiger partial charge on any atom is -0.497 e. The molecule has 0 spiro atoms. The third-order valence-electron chi connectivity index (χ3n) is 4.44. The van der Waals surface area contributed by atoms with E-state index in [9.17, 15) is 8.42 Å². The first-order valence-corrected chi connectivity index (χ1v) is 10.3. The molecule has 2 heterocycles. The summed E-state index contributed by atoms with van der Waals surface area (Å²) in [6.07, 6.45) is 5.20. The number of ether oxygens (including phenoxy) is 1. The third-order valence-corrected chi connectivity index (χ3v) is 5.55. The van der Waals surface area contributed by atoms with Gasteiger partial charge in [-0.25, -0.2) is 18.4 Å². The Bertz CT molecular complexity index is 829. The summed E-state index contributed by atoms with van der Waals surface area (Å²) in [7, 11) is -1.72. The van der Waals surface area contributed by atoms with Crippen LogP contribution in [0.3, 0.4) is 0 Å². The molecule has 0 radical (unpaired) electrons. The molecule has 1 aliphatic rings. The van der Waals surface area contributed by atoms with Crippen LogP contribution in [0, 0.1) is 0 Å². The molecule has 1 aliphatic heterocycles. The maximum atomic E-state index is 12.1. The quantitative estimate of drug-likeness (QED) is 0.877. The molecule has 1 unspecified atom stereocenters. The Kier molecular flexibility index (Phi) is 5.34. The summed E-state index contributed by atoms with van der Waals surface area (Å²) in [6, 6.07) is 7.72. The molecule has 2 aromatic rings. The predicted octanol–water partition coefficient (Wildman–Crippen LogP) is 1.95. The number of piperidine rings is 1. The molecule has 7 heteroatoms. The van der Waals surface area contributed by atoms with Gasteiger partial charge in [0.25, 0.3) is 0 Å². The minimum absolute atomic E-state index is 0.107. The van der Waals surface area contributed by atoms with Crippen molar-refractivity contribution in [3.05, 3.63) is 47.5 Å². The van der Waals surface area contributed by atoms with E-state index in [1.807, 2.05) is 24.3 Å². The predicted molar refractivity (Wildman–Crippen MR) is 95.8 cm³/mol. The van der Waals surface area contributed by atoms with E-state index in [1.54, 1.807) is 7.11 Å². The molecule has 1 N–H and O–H groups in total. The molecule has 0 saturated carbocycles. The zero-order chi connectivity index (χ0) is 17.9. The molecule has 134 valence electrons. The second-order valence-electron chi connectivity index (χ2n) is 6.38. The molecule has 0 bridgehead atoms. The zero-order valence-corrected chi connectivity index (χ0v) is 15.3. The lowest BCUT2D eigenvalue weighted by atomic mass is 9.96. The molecule has 1 saturated heterocycles. The number of hydrogen-bond donors (Lipinski definition) is 1. The van der Waals surface area contributed by atoms with Gasteiger partial charge in [-0.15, -0.1) is 0 Å². The highest BCUT2D eigenvalue weighted by Crippen LogP contribution is 2.27. The van der Waals surface area contributed by atoms with Gasteiger partial charge < -0.3 is 10.1 Å². The van der Waals surface area contributed by atoms with Crippen LogP contribution in [0.25, 0.3) is 0 Å². The minimum atomic E-state index is -3.35. The summed E-state index contributed by atoms with van der Waals surface area (Å²) in [4.78, 5) is 9.19. The average Bonchev–Trinajstić information content (AvgIpc) is 2.62. The van der Waals surface area contributed by atoms with Gasteiger partial charge in [-0.1, -0.05) is 12.1 Å². The van der Waals surface area contributed by atoms with Crippen molar-refractivity contribution < 1.29 is 13.2 Å². The van der Waals surface area contributed by atoms with E-state index in [-0.39, 0.29) is 10.8 Å². The first kappa shape index (κ1) is 17.8. The highest BCUT2D eigenvalue weighted by atomic mass is 32.2. The van der Waals surface area contributed by atoms with Gasteiger partial charge in [-0.3, -0.25) is 0 Å². The van der Waals surface area contributed by atoms with Gasteiger partial charge in [-0.2, -0.15) is 0 Å². The SMILES string of the molecule is COc1ccc(Cc2ncc(S(C)(=O)=O)c(C3CCCNC3)n2)cc1. The number of hydrogen-bond acceptors (Lipinski definition) is 6. The van der Waals surface area contributed by atoms with Crippen molar-refractivity contribution in [3.8, 4) is 5.75 Å². The van der Waals surface area contributed by atoms with Crippen LogP contribution < -0.4 is 10.1 Å². The lowest BCUT2D eigenvalue weighted by Crippen LogP contribution is -2.30. The fourth-order valence-electron chi connectivity index (χ4n) is 3.10. The number of nitrogens with one attached hydrogen (secondary N) is 1. The fourth-order valence-corrected chi connectivity index (χ4v) is 3.93. The van der Waals surface area contributed by atoms with Crippen LogP contribution in [0.15, 0.2) is 35.4 Å². The van der Waals surface area contributed by atoms with E-state index >= 15 is 0 Å². The summed E-state index contributed by atoms with van der Waals surface area (Å²) in [5, 5.41) is 3.32. The molecule has 1 aromatic carbocycles. The van der Waals surface area contributed by atoms with Crippen molar-refractivity contribution in [1.82, 2.24) is 15.3 Å². The van der Waals surface area contributed by atoms with Crippen molar-refractivity contribution >= 4 is 9.84 Å². The van der Waals surface area contributed by atoms with E-state index < -0.39 is 9.84 Å². The number of rotatable bonds is 5. The van der Waals surface area contributed by atoms with E-state index in [0.29, 0.717) is 17.9 Å². The lowest BCUT2D eigenvalue weighted by molar-refractivity contribution is 0.414. The maximum Gasteiger partial charge on any atom is 0.178 e. The number of benzene rings is 1. The fraction of sp³-hybridized carbons (Fsp3) is 0.444. The topological polar surface area (TPSA) is 81.2 Å². The van der Waals surface area contributed by atoms with Gasteiger partial charge in [0, 0.05) is 31.3 Å². The van der Waals surface area contributed by atoms with Gasteiger partial charge >= 0.3 is 0 Å². The average molecular weight is 361 g/mol. The largest absolute Gasteiger partial charge is 0.497 e. The second-order valence-corrected chi connectivity index (χ2v) is 8.36. The Morgan fingerprint density at radius 2 is 2.04 bits per heavy atom. The number of aromatic nitrogens is 2. The Morgan fingerprint density at radius 3 is 2.64 bits per heavy atom. The van der Waals surface area contributed by atoms with Crippen LogP contribution in [-0.4, -0.2) is 44.8 Å². The molecule has 1 fully saturated rings. The summed E-state index contributed by atoms with van der Waals surface area (Å²) in [6.45, 7) is 1.72. The Morgan fingerprint density at radius 1 is 1.28 bits per heavy atom. The van der Waals surface area contributed by atoms with Gasteiger partial charge in [0.1, 0.15) is 16.5 Å². The van der Waals surface area contributed by atoms with Crippen LogP contribution in [0.1, 0.15) is 35.8 Å². The van der Waals surface area contributed by atoms with Crippen LogP contribution in [-0.2, 0) is 16.3 Å².